The van der Waals surface area contributed by atoms with E-state index in [-0.39, 0.29) is 5.54 Å². The van der Waals surface area contributed by atoms with E-state index >= 15 is 0 Å². The van der Waals surface area contributed by atoms with E-state index < -0.39 is 0 Å². The third-order valence-electron chi connectivity index (χ3n) is 4.88. The first kappa shape index (κ1) is 14.3. The molecule has 106 valence electrons. The fraction of sp³-hybridized carbons (Fsp3) is 1.00. The molecule has 2 atom stereocenters. The number of fused-ring (bicyclic) bond motifs is 1. The third-order valence-corrected chi connectivity index (χ3v) is 4.88. The van der Waals surface area contributed by atoms with E-state index in [1.807, 2.05) is 0 Å². The minimum absolute atomic E-state index is 0.249. The maximum Gasteiger partial charge on any atom is 0.0355 e. The van der Waals surface area contributed by atoms with E-state index in [9.17, 15) is 0 Å². The predicted molar refractivity (Wildman–Crippen MR) is 77.7 cm³/mol. The molecule has 2 saturated heterocycles. The number of rotatable bonds is 3. The van der Waals surface area contributed by atoms with Crippen LogP contribution in [0.4, 0.5) is 0 Å². The highest BCUT2D eigenvalue weighted by molar-refractivity contribution is 5.01. The van der Waals surface area contributed by atoms with Crippen LogP contribution in [0.5, 0.6) is 0 Å². The second kappa shape index (κ2) is 5.10. The highest BCUT2D eigenvalue weighted by Gasteiger charge is 2.43. The van der Waals surface area contributed by atoms with E-state index in [0.29, 0.717) is 5.41 Å². The molecule has 18 heavy (non-hydrogen) atoms. The lowest BCUT2D eigenvalue weighted by molar-refractivity contribution is 0.00974. The molecule has 0 saturated carbocycles. The maximum absolute atomic E-state index is 6.18. The van der Waals surface area contributed by atoms with Gasteiger partial charge < -0.3 is 10.6 Å². The molecular formula is C15H31N3. The summed E-state index contributed by atoms with van der Waals surface area (Å²) >= 11 is 0. The van der Waals surface area contributed by atoms with Crippen LogP contribution in [0.3, 0.4) is 0 Å². The predicted octanol–water partition coefficient (Wildman–Crippen LogP) is 1.92. The molecule has 2 N–H and O–H groups in total. The smallest absolute Gasteiger partial charge is 0.0355 e. The topological polar surface area (TPSA) is 32.5 Å². The standard InChI is InChI=1S/C15H31N3/c1-14(2,3)12-17(4)15(11-16)7-9-18-8-5-6-13(18)10-15/h13H,5-12,16H2,1-4H3. The van der Waals surface area contributed by atoms with Gasteiger partial charge in [-0.2, -0.15) is 0 Å². The lowest BCUT2D eigenvalue weighted by Gasteiger charge is -2.50. The van der Waals surface area contributed by atoms with Gasteiger partial charge >= 0.3 is 0 Å². The second-order valence-corrected chi connectivity index (χ2v) is 7.63. The third kappa shape index (κ3) is 2.89. The van der Waals surface area contributed by atoms with Crippen LogP contribution >= 0.6 is 0 Å². The largest absolute Gasteiger partial charge is 0.329 e. The van der Waals surface area contributed by atoms with Crippen LogP contribution in [-0.4, -0.2) is 54.6 Å². The molecule has 0 aromatic carbocycles. The van der Waals surface area contributed by atoms with Gasteiger partial charge in [-0.3, -0.25) is 4.90 Å². The first-order chi connectivity index (χ1) is 8.36. The maximum atomic E-state index is 6.18. The van der Waals surface area contributed by atoms with Crippen molar-refractivity contribution in [3.8, 4) is 0 Å². The number of nitrogens with two attached hydrogens (primary N) is 1. The summed E-state index contributed by atoms with van der Waals surface area (Å²) in [5.74, 6) is 0. The average molecular weight is 253 g/mol. The Balaban J connectivity index is 2.06. The van der Waals surface area contributed by atoms with Crippen molar-refractivity contribution in [1.29, 1.82) is 0 Å². The molecule has 2 rings (SSSR count). The van der Waals surface area contributed by atoms with Gasteiger partial charge in [0.2, 0.25) is 0 Å². The minimum atomic E-state index is 0.249. The Morgan fingerprint density at radius 2 is 2.06 bits per heavy atom. The Hall–Kier alpha value is -0.120. The average Bonchev–Trinajstić information content (AvgIpc) is 2.72. The monoisotopic (exact) mass is 253 g/mol. The molecule has 0 amide bonds. The van der Waals surface area contributed by atoms with Crippen molar-refractivity contribution in [2.24, 2.45) is 11.1 Å². The van der Waals surface area contributed by atoms with Gasteiger partial charge in [0, 0.05) is 31.2 Å². The van der Waals surface area contributed by atoms with Crippen LogP contribution in [0.2, 0.25) is 0 Å². The van der Waals surface area contributed by atoms with E-state index in [1.54, 1.807) is 0 Å². The number of hydrogen-bond donors (Lipinski definition) is 1. The van der Waals surface area contributed by atoms with Crippen molar-refractivity contribution < 1.29 is 0 Å². The Kier molecular flexibility index (Phi) is 4.05. The summed E-state index contributed by atoms with van der Waals surface area (Å²) in [6.45, 7) is 11.5. The van der Waals surface area contributed by atoms with Crippen molar-refractivity contribution >= 4 is 0 Å². The van der Waals surface area contributed by atoms with Crippen molar-refractivity contribution in [2.45, 2.75) is 58.0 Å². The SMILES string of the molecule is CN(CC(C)(C)C)C1(CN)CCN2CCCC2C1. The summed E-state index contributed by atoms with van der Waals surface area (Å²) in [5, 5.41) is 0. The Morgan fingerprint density at radius 1 is 1.33 bits per heavy atom. The molecule has 3 nitrogen and oxygen atoms in total. The molecule has 2 unspecified atom stereocenters. The van der Waals surface area contributed by atoms with Gasteiger partial charge in [-0.05, 0) is 44.7 Å². The number of piperidine rings is 1. The van der Waals surface area contributed by atoms with Crippen molar-refractivity contribution in [1.82, 2.24) is 9.80 Å². The van der Waals surface area contributed by atoms with Gasteiger partial charge in [-0.1, -0.05) is 20.8 Å². The summed E-state index contributed by atoms with van der Waals surface area (Å²) < 4.78 is 0. The zero-order valence-electron chi connectivity index (χ0n) is 12.7. The van der Waals surface area contributed by atoms with Gasteiger partial charge in [0.25, 0.3) is 0 Å². The minimum Gasteiger partial charge on any atom is -0.329 e. The molecule has 0 aromatic rings. The normalized spacial score (nSPS) is 34.0. The molecule has 2 fully saturated rings. The second-order valence-electron chi connectivity index (χ2n) is 7.63. The molecule has 0 spiro atoms. The van der Waals surface area contributed by atoms with Gasteiger partial charge in [-0.15, -0.1) is 0 Å². The quantitative estimate of drug-likeness (QED) is 0.834. The summed E-state index contributed by atoms with van der Waals surface area (Å²) in [6.07, 6.45) is 5.28. The summed E-state index contributed by atoms with van der Waals surface area (Å²) in [6, 6.07) is 0.796. The fourth-order valence-electron chi connectivity index (χ4n) is 3.88. The van der Waals surface area contributed by atoms with E-state index in [4.69, 9.17) is 5.73 Å². The van der Waals surface area contributed by atoms with E-state index in [1.165, 1.54) is 38.8 Å². The van der Waals surface area contributed by atoms with E-state index in [2.05, 4.69) is 37.6 Å². The molecular weight excluding hydrogens is 222 g/mol. The van der Waals surface area contributed by atoms with Crippen molar-refractivity contribution in [3.05, 3.63) is 0 Å². The highest BCUT2D eigenvalue weighted by Crippen LogP contribution is 2.36. The van der Waals surface area contributed by atoms with E-state index in [0.717, 1.165) is 19.1 Å². The summed E-state index contributed by atoms with van der Waals surface area (Å²) in [7, 11) is 2.28. The fourth-order valence-corrected chi connectivity index (χ4v) is 3.88. The van der Waals surface area contributed by atoms with Crippen LogP contribution in [0.1, 0.15) is 46.5 Å². The number of likely N-dealkylation sites (N-methyl/N-ethyl adjacent to an activating group) is 1. The van der Waals surface area contributed by atoms with Crippen molar-refractivity contribution in [3.63, 3.8) is 0 Å². The van der Waals surface area contributed by atoms with Gasteiger partial charge in [-0.25, -0.2) is 0 Å². The summed E-state index contributed by atoms with van der Waals surface area (Å²) in [4.78, 5) is 5.24. The zero-order chi connectivity index (χ0) is 13.4. The first-order valence-electron chi connectivity index (χ1n) is 7.52. The molecule has 0 aliphatic carbocycles. The lowest BCUT2D eigenvalue weighted by Crippen LogP contribution is -2.61. The summed E-state index contributed by atoms with van der Waals surface area (Å²) in [5.41, 5.74) is 6.78. The van der Waals surface area contributed by atoms with Gasteiger partial charge in [0.15, 0.2) is 0 Å². The first-order valence-corrected chi connectivity index (χ1v) is 7.52. The highest BCUT2D eigenvalue weighted by atomic mass is 15.3. The van der Waals surface area contributed by atoms with Crippen LogP contribution in [0, 0.1) is 5.41 Å². The lowest BCUT2D eigenvalue weighted by atomic mass is 9.80. The molecule has 2 heterocycles. The van der Waals surface area contributed by atoms with Crippen LogP contribution < -0.4 is 5.73 Å². The molecule has 0 bridgehead atoms. The molecule has 2 aliphatic rings. The Bertz CT molecular complexity index is 284. The molecule has 2 aliphatic heterocycles. The molecule has 3 heteroatoms. The molecule has 0 radical (unpaired) electrons. The Labute approximate surface area is 113 Å². The van der Waals surface area contributed by atoms with Crippen LogP contribution in [0.25, 0.3) is 0 Å². The van der Waals surface area contributed by atoms with Gasteiger partial charge in [0.05, 0.1) is 0 Å². The molecule has 0 aromatic heterocycles. The zero-order valence-corrected chi connectivity index (χ0v) is 12.7. The van der Waals surface area contributed by atoms with Crippen LogP contribution in [-0.2, 0) is 0 Å². The van der Waals surface area contributed by atoms with Crippen molar-refractivity contribution in [2.75, 3.05) is 33.2 Å². The number of nitrogens with zero attached hydrogens (tertiary/aromatic N) is 2. The Morgan fingerprint density at radius 3 is 2.67 bits per heavy atom. The number of hydrogen-bond acceptors (Lipinski definition) is 3. The van der Waals surface area contributed by atoms with Crippen LogP contribution in [0.15, 0.2) is 0 Å². The van der Waals surface area contributed by atoms with Gasteiger partial charge in [0.1, 0.15) is 0 Å².